The Bertz CT molecular complexity index is 985. The summed E-state index contributed by atoms with van der Waals surface area (Å²) in [6, 6.07) is 5.68. The van der Waals surface area contributed by atoms with Crippen molar-refractivity contribution in [2.75, 3.05) is 6.54 Å². The highest BCUT2D eigenvalue weighted by molar-refractivity contribution is 5.73. The molecule has 1 aliphatic heterocycles. The number of aliphatic hydroxyl groups is 1. The van der Waals surface area contributed by atoms with Crippen molar-refractivity contribution in [3.8, 4) is 5.88 Å². The van der Waals surface area contributed by atoms with Gasteiger partial charge in [-0.1, -0.05) is 20.8 Å². The first-order chi connectivity index (χ1) is 16.1. The number of pyridine rings is 2. The molecule has 1 spiro atoms. The van der Waals surface area contributed by atoms with E-state index in [4.69, 9.17) is 9.72 Å². The fourth-order valence-electron chi connectivity index (χ4n) is 5.07. The number of carbonyl (C=O) groups is 1. The highest BCUT2D eigenvalue weighted by Gasteiger charge is 2.46. The molecule has 2 aromatic heterocycles. The zero-order valence-electron chi connectivity index (χ0n) is 20.8. The number of rotatable bonds is 8. The Kier molecular flexibility index (Phi) is 7.24. The average Bonchev–Trinajstić information content (AvgIpc) is 2.75. The van der Waals surface area contributed by atoms with E-state index in [-0.39, 0.29) is 23.0 Å². The van der Waals surface area contributed by atoms with Crippen LogP contribution in [0.2, 0.25) is 0 Å². The third kappa shape index (κ3) is 6.13. The highest BCUT2D eigenvalue weighted by Crippen LogP contribution is 2.48. The second-order valence-electron chi connectivity index (χ2n) is 11.2. The van der Waals surface area contributed by atoms with Crippen molar-refractivity contribution in [2.24, 2.45) is 5.41 Å². The number of hydrogen-bond acceptors (Lipinski definition) is 6. The first-order valence-corrected chi connectivity index (χ1v) is 12.4. The third-order valence-electron chi connectivity index (χ3n) is 6.83. The fraction of sp³-hybridized carbons (Fsp3) is 0.593. The Labute approximate surface area is 202 Å². The molecule has 7 heteroatoms. The van der Waals surface area contributed by atoms with Crippen LogP contribution in [0.15, 0.2) is 36.8 Å². The fourth-order valence-corrected chi connectivity index (χ4v) is 5.07. The van der Waals surface area contributed by atoms with Crippen LogP contribution in [0.4, 0.5) is 0 Å². The normalized spacial score (nSPS) is 20.6. The molecule has 4 rings (SSSR count). The van der Waals surface area contributed by atoms with Crippen LogP contribution in [0.1, 0.15) is 76.1 Å². The molecule has 0 aromatic carbocycles. The van der Waals surface area contributed by atoms with E-state index >= 15 is 0 Å². The van der Waals surface area contributed by atoms with Gasteiger partial charge in [-0.25, -0.2) is 4.98 Å². The lowest BCUT2D eigenvalue weighted by molar-refractivity contribution is -0.120. The molecule has 0 saturated heterocycles. The largest absolute Gasteiger partial charge is 0.471 e. The highest BCUT2D eigenvalue weighted by atomic mass is 16.5. The van der Waals surface area contributed by atoms with Crippen molar-refractivity contribution in [1.82, 2.24) is 20.6 Å². The van der Waals surface area contributed by atoms with Gasteiger partial charge in [0, 0.05) is 50.1 Å². The minimum atomic E-state index is -0.744. The summed E-state index contributed by atoms with van der Waals surface area (Å²) in [7, 11) is 0. The van der Waals surface area contributed by atoms with Gasteiger partial charge in [-0.05, 0) is 66.8 Å². The van der Waals surface area contributed by atoms with Gasteiger partial charge in [0.05, 0.1) is 12.1 Å². The molecule has 184 valence electrons. The van der Waals surface area contributed by atoms with E-state index in [0.29, 0.717) is 18.8 Å². The molecule has 2 aromatic rings. The minimum absolute atomic E-state index is 0.0463. The molecule has 1 aliphatic carbocycles. The number of aliphatic hydroxyl groups excluding tert-OH is 1. The van der Waals surface area contributed by atoms with Crippen LogP contribution in [0.25, 0.3) is 0 Å². The predicted molar refractivity (Wildman–Crippen MR) is 132 cm³/mol. The number of hydrogen-bond donors (Lipinski definition) is 3. The van der Waals surface area contributed by atoms with Crippen molar-refractivity contribution in [3.63, 3.8) is 0 Å². The molecule has 3 heterocycles. The van der Waals surface area contributed by atoms with Crippen molar-refractivity contribution in [1.29, 1.82) is 0 Å². The quantitative estimate of drug-likeness (QED) is 0.551. The summed E-state index contributed by atoms with van der Waals surface area (Å²) >= 11 is 0. The van der Waals surface area contributed by atoms with E-state index in [0.717, 1.165) is 36.8 Å². The van der Waals surface area contributed by atoms with Gasteiger partial charge >= 0.3 is 0 Å². The van der Waals surface area contributed by atoms with Crippen LogP contribution in [0.5, 0.6) is 5.88 Å². The summed E-state index contributed by atoms with van der Waals surface area (Å²) in [5.41, 5.74) is 3.30. The van der Waals surface area contributed by atoms with Crippen LogP contribution in [0.3, 0.4) is 0 Å². The van der Waals surface area contributed by atoms with Gasteiger partial charge in [-0.15, -0.1) is 0 Å². The number of aromatic nitrogens is 2. The average molecular weight is 467 g/mol. The van der Waals surface area contributed by atoms with Crippen molar-refractivity contribution in [2.45, 2.75) is 90.0 Å². The van der Waals surface area contributed by atoms with Gasteiger partial charge < -0.3 is 20.5 Å². The Morgan fingerprint density at radius 2 is 2.00 bits per heavy atom. The second-order valence-corrected chi connectivity index (χ2v) is 11.2. The second kappa shape index (κ2) is 10.0. The lowest BCUT2D eigenvalue weighted by atomic mass is 9.73. The maximum Gasteiger partial charge on any atom is 0.218 e. The molecule has 1 amide bonds. The summed E-state index contributed by atoms with van der Waals surface area (Å²) in [5, 5.41) is 17.6. The number of fused-ring (bicyclic) bond motifs is 1. The van der Waals surface area contributed by atoms with Crippen LogP contribution < -0.4 is 15.4 Å². The molecule has 3 atom stereocenters. The maximum absolute atomic E-state index is 11.8. The van der Waals surface area contributed by atoms with E-state index in [1.54, 1.807) is 12.4 Å². The Morgan fingerprint density at radius 3 is 2.62 bits per heavy atom. The van der Waals surface area contributed by atoms with Gasteiger partial charge in [0.1, 0.15) is 5.60 Å². The lowest BCUT2D eigenvalue weighted by Crippen LogP contribution is -2.52. The Morgan fingerprint density at radius 1 is 1.26 bits per heavy atom. The van der Waals surface area contributed by atoms with E-state index < -0.39 is 12.1 Å². The minimum Gasteiger partial charge on any atom is -0.471 e. The summed E-state index contributed by atoms with van der Waals surface area (Å²) in [4.78, 5) is 20.6. The molecule has 34 heavy (non-hydrogen) atoms. The molecule has 1 saturated carbocycles. The maximum atomic E-state index is 11.8. The molecule has 3 N–H and O–H groups in total. The molecular weight excluding hydrogens is 428 g/mol. The van der Waals surface area contributed by atoms with Crippen LogP contribution >= 0.6 is 0 Å². The number of amides is 1. The van der Waals surface area contributed by atoms with E-state index in [1.807, 2.05) is 18.3 Å². The van der Waals surface area contributed by atoms with Gasteiger partial charge in [0.2, 0.25) is 11.8 Å². The summed E-state index contributed by atoms with van der Waals surface area (Å²) < 4.78 is 6.38. The van der Waals surface area contributed by atoms with Crippen molar-refractivity contribution in [3.05, 3.63) is 53.5 Å². The standard InChI is InChI=1S/C27H38N4O3/c1-18(32)31-22(13-19-6-10-28-11-7-19)24(33)17-29-23-15-27(8-5-9-27)34-25-21(23)12-20(16-30-25)14-26(2,3)4/h6-7,10-12,16,22-24,29,33H,5,8-9,13-15,17H2,1-4H3,(H,31,32)/t22-,23+,24+/m1/s1. The topological polar surface area (TPSA) is 96.4 Å². The first-order valence-electron chi connectivity index (χ1n) is 12.4. The molecule has 2 aliphatic rings. The molecule has 0 bridgehead atoms. The van der Waals surface area contributed by atoms with Crippen LogP contribution in [-0.2, 0) is 17.6 Å². The van der Waals surface area contributed by atoms with E-state index in [9.17, 15) is 9.90 Å². The van der Waals surface area contributed by atoms with E-state index in [2.05, 4.69) is 42.5 Å². The summed E-state index contributed by atoms with van der Waals surface area (Å²) in [6.07, 6.45) is 10.2. The summed E-state index contributed by atoms with van der Waals surface area (Å²) in [6.45, 7) is 8.52. The summed E-state index contributed by atoms with van der Waals surface area (Å²) in [5.74, 6) is 0.560. The van der Waals surface area contributed by atoms with Gasteiger partial charge in [0.25, 0.3) is 0 Å². The third-order valence-corrected chi connectivity index (χ3v) is 6.83. The van der Waals surface area contributed by atoms with Crippen LogP contribution in [0, 0.1) is 5.41 Å². The zero-order chi connectivity index (χ0) is 24.3. The smallest absolute Gasteiger partial charge is 0.218 e. The number of nitrogens with one attached hydrogen (secondary N) is 2. The zero-order valence-corrected chi connectivity index (χ0v) is 20.8. The van der Waals surface area contributed by atoms with Gasteiger partial charge in [-0.3, -0.25) is 9.78 Å². The van der Waals surface area contributed by atoms with Crippen LogP contribution in [-0.4, -0.2) is 45.3 Å². The number of carbonyl (C=O) groups excluding carboxylic acids is 1. The van der Waals surface area contributed by atoms with Crippen molar-refractivity contribution < 1.29 is 14.6 Å². The number of nitrogens with zero attached hydrogens (tertiary/aromatic N) is 2. The molecule has 0 unspecified atom stereocenters. The lowest BCUT2D eigenvalue weighted by Gasteiger charge is -2.47. The molecular formula is C27H38N4O3. The SMILES string of the molecule is CC(=O)N[C@H](Cc1ccncc1)[C@@H](O)CN[C@H]1CC2(CCC2)Oc2ncc(CC(C)(C)C)cc21. The monoisotopic (exact) mass is 466 g/mol. The Hall–Kier alpha value is -2.51. The van der Waals surface area contributed by atoms with Crippen molar-refractivity contribution >= 4 is 5.91 Å². The molecule has 0 radical (unpaired) electrons. The first kappa shape index (κ1) is 24.6. The van der Waals surface area contributed by atoms with E-state index in [1.165, 1.54) is 18.9 Å². The Balaban J connectivity index is 1.50. The number of ether oxygens (including phenoxy) is 1. The predicted octanol–water partition coefficient (Wildman–Crippen LogP) is 3.51. The van der Waals surface area contributed by atoms with Gasteiger partial charge in [0.15, 0.2) is 0 Å². The molecule has 7 nitrogen and oxygen atoms in total. The molecule has 1 fully saturated rings. The van der Waals surface area contributed by atoms with Gasteiger partial charge in [-0.2, -0.15) is 0 Å².